The molecular weight excluding hydrogens is 274 g/mol. The smallest absolute Gasteiger partial charge is 0.217 e. The third-order valence-electron chi connectivity index (χ3n) is 2.45. The first-order chi connectivity index (χ1) is 10.4. The number of aryl methyl sites for hydroxylation is 1. The molecule has 0 aromatic heterocycles. The Kier molecular flexibility index (Phi) is 16.7. The van der Waals surface area contributed by atoms with Gasteiger partial charge in [0.1, 0.15) is 0 Å². The second-order valence-electron chi connectivity index (χ2n) is 5.92. The second-order valence-corrected chi connectivity index (χ2v) is 5.92. The fourth-order valence-corrected chi connectivity index (χ4v) is 1.56. The van der Waals surface area contributed by atoms with Crippen LogP contribution in [0.5, 0.6) is 0 Å². The number of carbonyl (C=O) groups excluding carboxylic acids is 1. The number of ether oxygens (including phenoxy) is 1. The van der Waals surface area contributed by atoms with E-state index in [-0.39, 0.29) is 5.91 Å². The van der Waals surface area contributed by atoms with E-state index in [0.717, 1.165) is 12.3 Å². The van der Waals surface area contributed by atoms with Gasteiger partial charge in [0.05, 0.1) is 0 Å². The molecule has 0 aliphatic heterocycles. The van der Waals surface area contributed by atoms with Crippen molar-refractivity contribution >= 4 is 5.91 Å². The van der Waals surface area contributed by atoms with E-state index in [4.69, 9.17) is 0 Å². The Labute approximate surface area is 137 Å². The van der Waals surface area contributed by atoms with E-state index in [1.165, 1.54) is 24.0 Å². The lowest BCUT2D eigenvalue weighted by Gasteiger charge is -2.09. The maximum absolute atomic E-state index is 10.8. The quantitative estimate of drug-likeness (QED) is 0.864. The molecule has 0 aliphatic carbocycles. The molecule has 1 aromatic rings. The Balaban J connectivity index is 0. The molecule has 0 saturated carbocycles. The molecule has 1 rings (SSSR count). The number of carbonyl (C=O) groups is 1. The molecule has 1 amide bonds. The topological polar surface area (TPSA) is 38.3 Å². The zero-order valence-corrected chi connectivity index (χ0v) is 15.5. The molecule has 0 saturated heterocycles. The first-order valence-corrected chi connectivity index (χ1v) is 8.10. The molecule has 1 aromatic carbocycles. The van der Waals surface area contributed by atoms with E-state index in [2.05, 4.69) is 55.9 Å². The lowest BCUT2D eigenvalue weighted by Crippen LogP contribution is -2.19. The summed E-state index contributed by atoms with van der Waals surface area (Å²) in [7, 11) is 3.25. The Bertz CT molecular complexity index is 373. The highest BCUT2D eigenvalue weighted by molar-refractivity contribution is 5.72. The summed E-state index contributed by atoms with van der Waals surface area (Å²) in [6.07, 6.45) is 3.51. The summed E-state index contributed by atoms with van der Waals surface area (Å²) in [5.74, 6) is 0.861. The van der Waals surface area contributed by atoms with Crippen molar-refractivity contribution in [2.45, 2.75) is 60.4 Å². The number of methoxy groups -OCH3 is 1. The molecule has 0 fully saturated rings. The number of hydrogen-bond donors (Lipinski definition) is 1. The van der Waals surface area contributed by atoms with Crippen LogP contribution >= 0.6 is 0 Å². The highest BCUT2D eigenvalue weighted by Gasteiger charge is 2.01. The van der Waals surface area contributed by atoms with Gasteiger partial charge < -0.3 is 10.1 Å². The molecule has 0 bridgehead atoms. The number of unbranched alkanes of at least 4 members (excludes halogenated alkanes) is 1. The summed E-state index contributed by atoms with van der Waals surface area (Å²) in [5.41, 5.74) is 2.59. The molecule has 3 nitrogen and oxygen atoms in total. The van der Waals surface area contributed by atoms with Crippen molar-refractivity contribution < 1.29 is 9.53 Å². The van der Waals surface area contributed by atoms with Gasteiger partial charge in [0.15, 0.2) is 0 Å². The van der Waals surface area contributed by atoms with Crippen LogP contribution in [0.4, 0.5) is 0 Å². The molecule has 0 heterocycles. The average molecular weight is 309 g/mol. The number of benzene rings is 1. The zero-order chi connectivity index (χ0) is 17.4. The summed E-state index contributed by atoms with van der Waals surface area (Å²) < 4.78 is 4.25. The fourth-order valence-electron chi connectivity index (χ4n) is 1.56. The van der Waals surface area contributed by atoms with Crippen LogP contribution in [0, 0.1) is 5.92 Å². The largest absolute Gasteiger partial charge is 0.388 e. The summed E-state index contributed by atoms with van der Waals surface area (Å²) in [6, 6.07) is 8.31. The minimum Gasteiger partial charge on any atom is -0.388 e. The van der Waals surface area contributed by atoms with Crippen LogP contribution in [-0.2, 0) is 22.5 Å². The van der Waals surface area contributed by atoms with Crippen molar-refractivity contribution in [3.05, 3.63) is 35.4 Å². The van der Waals surface area contributed by atoms with Crippen LogP contribution in [0.3, 0.4) is 0 Å². The molecule has 0 unspecified atom stereocenters. The van der Waals surface area contributed by atoms with Gasteiger partial charge in [-0.3, -0.25) is 4.79 Å². The Morgan fingerprint density at radius 1 is 1.14 bits per heavy atom. The van der Waals surface area contributed by atoms with Crippen LogP contribution in [0.1, 0.15) is 58.6 Å². The number of rotatable bonds is 5. The predicted octanol–water partition coefficient (Wildman–Crippen LogP) is 4.59. The lowest BCUT2D eigenvalue weighted by atomic mass is 10.0. The molecule has 3 heteroatoms. The van der Waals surface area contributed by atoms with E-state index in [1.54, 1.807) is 21.1 Å². The molecular formula is C19H35NO2. The maximum Gasteiger partial charge on any atom is 0.217 e. The number of amides is 1. The Hall–Kier alpha value is -1.35. The first kappa shape index (κ1) is 22.9. The molecule has 0 atom stereocenters. The SMILES string of the molecule is CC(C)C.CCCCc1ccccc1CNC(C)=O.COC. The normalized spacial score (nSPS) is 9.27. The van der Waals surface area contributed by atoms with Crippen LogP contribution in [0.2, 0.25) is 0 Å². The first-order valence-electron chi connectivity index (χ1n) is 8.10. The fraction of sp³-hybridized carbons (Fsp3) is 0.632. The lowest BCUT2D eigenvalue weighted by molar-refractivity contribution is -0.119. The highest BCUT2D eigenvalue weighted by atomic mass is 16.4. The number of hydrogen-bond acceptors (Lipinski definition) is 2. The van der Waals surface area contributed by atoms with Gasteiger partial charge in [-0.05, 0) is 29.9 Å². The van der Waals surface area contributed by atoms with Crippen LogP contribution in [0.15, 0.2) is 24.3 Å². The van der Waals surface area contributed by atoms with Crippen LogP contribution < -0.4 is 5.32 Å². The standard InChI is InChI=1S/C13H19NO.C4H10.C2H6O/c1-3-4-7-12-8-5-6-9-13(12)10-14-11(2)15;1-4(2)3;1-3-2/h5-6,8-9H,3-4,7,10H2,1-2H3,(H,14,15);4H,1-3H3;1-2H3. The van der Waals surface area contributed by atoms with Gasteiger partial charge in [0.2, 0.25) is 5.91 Å². The van der Waals surface area contributed by atoms with E-state index < -0.39 is 0 Å². The molecule has 0 spiro atoms. The van der Waals surface area contributed by atoms with Crippen molar-refractivity contribution in [1.82, 2.24) is 5.32 Å². The third-order valence-corrected chi connectivity index (χ3v) is 2.45. The summed E-state index contributed by atoms with van der Waals surface area (Å²) >= 11 is 0. The summed E-state index contributed by atoms with van der Waals surface area (Å²) in [5, 5.41) is 2.84. The monoisotopic (exact) mass is 309 g/mol. The predicted molar refractivity (Wildman–Crippen MR) is 96.0 cm³/mol. The maximum atomic E-state index is 10.8. The Morgan fingerprint density at radius 3 is 2.00 bits per heavy atom. The van der Waals surface area contributed by atoms with Crippen molar-refractivity contribution in [2.75, 3.05) is 14.2 Å². The van der Waals surface area contributed by atoms with Crippen LogP contribution in [0.25, 0.3) is 0 Å². The molecule has 128 valence electrons. The number of nitrogens with one attached hydrogen (secondary N) is 1. The van der Waals surface area contributed by atoms with E-state index >= 15 is 0 Å². The van der Waals surface area contributed by atoms with E-state index in [9.17, 15) is 4.79 Å². The van der Waals surface area contributed by atoms with Crippen molar-refractivity contribution in [3.8, 4) is 0 Å². The highest BCUT2D eigenvalue weighted by Crippen LogP contribution is 2.11. The van der Waals surface area contributed by atoms with Crippen molar-refractivity contribution in [1.29, 1.82) is 0 Å². The summed E-state index contributed by atoms with van der Waals surface area (Å²) in [6.45, 7) is 10.9. The van der Waals surface area contributed by atoms with Crippen molar-refractivity contribution in [3.63, 3.8) is 0 Å². The molecule has 0 radical (unpaired) electrons. The van der Waals surface area contributed by atoms with Gasteiger partial charge in [-0.1, -0.05) is 58.4 Å². The van der Waals surface area contributed by atoms with Crippen LogP contribution in [-0.4, -0.2) is 20.1 Å². The Morgan fingerprint density at radius 2 is 1.59 bits per heavy atom. The van der Waals surface area contributed by atoms with Gasteiger partial charge in [0, 0.05) is 27.7 Å². The third kappa shape index (κ3) is 16.7. The average Bonchev–Trinajstić information content (AvgIpc) is 2.44. The minimum absolute atomic E-state index is 0.0281. The summed E-state index contributed by atoms with van der Waals surface area (Å²) in [4.78, 5) is 10.8. The van der Waals surface area contributed by atoms with Gasteiger partial charge >= 0.3 is 0 Å². The zero-order valence-electron chi connectivity index (χ0n) is 15.5. The van der Waals surface area contributed by atoms with Gasteiger partial charge in [-0.2, -0.15) is 0 Å². The van der Waals surface area contributed by atoms with Gasteiger partial charge in [-0.25, -0.2) is 0 Å². The molecule has 22 heavy (non-hydrogen) atoms. The molecule has 1 N–H and O–H groups in total. The minimum atomic E-state index is 0.0281. The van der Waals surface area contributed by atoms with Gasteiger partial charge in [0.25, 0.3) is 0 Å². The second kappa shape index (κ2) is 16.0. The van der Waals surface area contributed by atoms with E-state index in [1.807, 2.05) is 6.07 Å². The van der Waals surface area contributed by atoms with Crippen molar-refractivity contribution in [2.24, 2.45) is 5.92 Å². The van der Waals surface area contributed by atoms with Gasteiger partial charge in [-0.15, -0.1) is 0 Å². The molecule has 0 aliphatic rings. The van der Waals surface area contributed by atoms with E-state index in [0.29, 0.717) is 6.54 Å².